The summed E-state index contributed by atoms with van der Waals surface area (Å²) >= 11 is 2.92. The molecule has 0 bridgehead atoms. The van der Waals surface area contributed by atoms with Gasteiger partial charge < -0.3 is 4.98 Å². The number of H-pyrrole nitrogens is 1. The van der Waals surface area contributed by atoms with Crippen molar-refractivity contribution in [1.29, 1.82) is 5.26 Å². The van der Waals surface area contributed by atoms with Crippen molar-refractivity contribution in [2.45, 2.75) is 21.9 Å². The Bertz CT molecular complexity index is 676. The Balaban J connectivity index is 2.38. The number of thioether (sulfide) groups is 1. The number of nitriles is 1. The first-order valence-corrected chi connectivity index (χ1v) is 7.44. The summed E-state index contributed by atoms with van der Waals surface area (Å²) in [7, 11) is 0. The van der Waals surface area contributed by atoms with Crippen molar-refractivity contribution in [2.24, 2.45) is 0 Å². The summed E-state index contributed by atoms with van der Waals surface area (Å²) in [5.41, 5.74) is 0.431. The Morgan fingerprint density at radius 1 is 1.37 bits per heavy atom. The van der Waals surface area contributed by atoms with Gasteiger partial charge >= 0.3 is 0 Å². The summed E-state index contributed by atoms with van der Waals surface area (Å²) in [4.78, 5) is 19.7. The first-order chi connectivity index (χ1) is 9.24. The number of hydrogen-bond donors (Lipinski definition) is 1. The third kappa shape index (κ3) is 3.40. The van der Waals surface area contributed by atoms with Gasteiger partial charge in [-0.05, 0) is 17.9 Å². The first kappa shape index (κ1) is 13.7. The summed E-state index contributed by atoms with van der Waals surface area (Å²) in [6.07, 6.45) is 1.46. The molecule has 4 nitrogen and oxygen atoms in total. The lowest BCUT2D eigenvalue weighted by atomic mass is 10.2. The number of nitrogens with zero attached hydrogens (tertiary/aromatic N) is 2. The van der Waals surface area contributed by atoms with Crippen molar-refractivity contribution in [2.75, 3.05) is 5.75 Å². The molecule has 1 aromatic carbocycles. The van der Waals surface area contributed by atoms with E-state index in [4.69, 9.17) is 0 Å². The van der Waals surface area contributed by atoms with Gasteiger partial charge in [-0.15, -0.1) is 11.8 Å². The zero-order chi connectivity index (χ0) is 13.7. The highest BCUT2D eigenvalue weighted by molar-refractivity contribution is 8.00. The molecule has 19 heavy (non-hydrogen) atoms. The van der Waals surface area contributed by atoms with Gasteiger partial charge in [0.05, 0.1) is 5.56 Å². The van der Waals surface area contributed by atoms with E-state index in [-0.39, 0.29) is 5.56 Å². The summed E-state index contributed by atoms with van der Waals surface area (Å²) < 4.78 is 0. The van der Waals surface area contributed by atoms with Gasteiger partial charge in [0.15, 0.2) is 5.16 Å². The SMILES string of the molecule is CCSc1cccc(Sc2nccc(=O)[nH]2)c1C#N. The average molecular weight is 289 g/mol. The zero-order valence-corrected chi connectivity index (χ0v) is 11.8. The van der Waals surface area contributed by atoms with Crippen molar-refractivity contribution in [3.63, 3.8) is 0 Å². The molecule has 0 aliphatic carbocycles. The highest BCUT2D eigenvalue weighted by atomic mass is 32.2. The van der Waals surface area contributed by atoms with Gasteiger partial charge in [0.2, 0.25) is 0 Å². The summed E-state index contributed by atoms with van der Waals surface area (Å²) in [5.74, 6) is 0.906. The highest BCUT2D eigenvalue weighted by Gasteiger charge is 2.10. The molecule has 0 atom stereocenters. The molecule has 6 heteroatoms. The first-order valence-electron chi connectivity index (χ1n) is 5.63. The van der Waals surface area contributed by atoms with E-state index < -0.39 is 0 Å². The maximum absolute atomic E-state index is 11.2. The molecular formula is C13H11N3OS2. The molecule has 0 amide bonds. The van der Waals surface area contributed by atoms with E-state index >= 15 is 0 Å². The van der Waals surface area contributed by atoms with Crippen LogP contribution in [0.4, 0.5) is 0 Å². The average Bonchev–Trinajstić information content (AvgIpc) is 2.39. The molecule has 1 N–H and O–H groups in total. The van der Waals surface area contributed by atoms with Gasteiger partial charge in [-0.1, -0.05) is 24.8 Å². The predicted molar refractivity (Wildman–Crippen MR) is 76.5 cm³/mol. The molecule has 2 rings (SSSR count). The summed E-state index contributed by atoms with van der Waals surface area (Å²) in [6.45, 7) is 2.04. The lowest BCUT2D eigenvalue weighted by Gasteiger charge is -2.07. The van der Waals surface area contributed by atoms with E-state index in [1.807, 2.05) is 25.1 Å². The molecule has 1 heterocycles. The lowest BCUT2D eigenvalue weighted by molar-refractivity contribution is 0.936. The van der Waals surface area contributed by atoms with E-state index in [1.165, 1.54) is 24.0 Å². The number of nitrogens with one attached hydrogen (secondary N) is 1. The summed E-state index contributed by atoms with van der Waals surface area (Å²) in [5, 5.41) is 9.78. The Labute approximate surface area is 119 Å². The highest BCUT2D eigenvalue weighted by Crippen LogP contribution is 2.33. The fourth-order valence-electron chi connectivity index (χ4n) is 1.49. The van der Waals surface area contributed by atoms with Crippen LogP contribution in [-0.2, 0) is 0 Å². The fraction of sp³-hybridized carbons (Fsp3) is 0.154. The topological polar surface area (TPSA) is 69.5 Å². The van der Waals surface area contributed by atoms with Crippen LogP contribution in [0.25, 0.3) is 0 Å². The molecule has 0 unspecified atom stereocenters. The Kier molecular flexibility index (Phi) is 4.66. The molecule has 0 saturated heterocycles. The number of aromatic amines is 1. The number of benzene rings is 1. The van der Waals surface area contributed by atoms with Crippen LogP contribution in [0.5, 0.6) is 0 Å². The van der Waals surface area contributed by atoms with Crippen molar-refractivity contribution in [1.82, 2.24) is 9.97 Å². The zero-order valence-electron chi connectivity index (χ0n) is 10.2. The lowest BCUT2D eigenvalue weighted by Crippen LogP contribution is -2.05. The fourth-order valence-corrected chi connectivity index (χ4v) is 3.22. The van der Waals surface area contributed by atoms with Gasteiger partial charge in [0, 0.05) is 22.1 Å². The molecule has 0 spiro atoms. The molecular weight excluding hydrogens is 278 g/mol. The molecule has 2 aromatic rings. The molecule has 0 aliphatic heterocycles. The molecule has 0 aliphatic rings. The minimum Gasteiger partial charge on any atom is -0.301 e. The Morgan fingerprint density at radius 3 is 2.84 bits per heavy atom. The van der Waals surface area contributed by atoms with Gasteiger partial charge in [0.1, 0.15) is 6.07 Å². The Morgan fingerprint density at radius 2 is 2.16 bits per heavy atom. The molecule has 96 valence electrons. The van der Waals surface area contributed by atoms with Crippen molar-refractivity contribution in [3.8, 4) is 6.07 Å². The minimum absolute atomic E-state index is 0.199. The largest absolute Gasteiger partial charge is 0.301 e. The van der Waals surface area contributed by atoms with Crippen LogP contribution in [0.3, 0.4) is 0 Å². The standard InChI is InChI=1S/C13H11N3OS2/c1-2-18-10-4-3-5-11(9(10)8-14)19-13-15-7-6-12(17)16-13/h3-7H,2H2,1H3,(H,15,16,17). The van der Waals surface area contributed by atoms with Crippen molar-refractivity contribution >= 4 is 23.5 Å². The van der Waals surface area contributed by atoms with E-state index in [9.17, 15) is 10.1 Å². The van der Waals surface area contributed by atoms with Gasteiger partial charge in [0.25, 0.3) is 5.56 Å². The van der Waals surface area contributed by atoms with Crippen LogP contribution in [0.15, 0.2) is 50.2 Å². The van der Waals surface area contributed by atoms with Gasteiger partial charge in [-0.25, -0.2) is 4.98 Å². The quantitative estimate of drug-likeness (QED) is 0.692. The molecule has 0 radical (unpaired) electrons. The molecule has 1 aromatic heterocycles. The van der Waals surface area contributed by atoms with Crippen LogP contribution in [0, 0.1) is 11.3 Å². The maximum atomic E-state index is 11.2. The van der Waals surface area contributed by atoms with Crippen LogP contribution < -0.4 is 5.56 Å². The number of hydrogen-bond acceptors (Lipinski definition) is 5. The second-order valence-corrected chi connectivity index (χ2v) is 5.85. The predicted octanol–water partition coefficient (Wildman–Crippen LogP) is 2.90. The minimum atomic E-state index is -0.199. The number of aromatic nitrogens is 2. The normalized spacial score (nSPS) is 10.1. The van der Waals surface area contributed by atoms with Crippen LogP contribution >= 0.6 is 23.5 Å². The van der Waals surface area contributed by atoms with E-state index in [0.717, 1.165) is 15.5 Å². The molecule has 0 fully saturated rings. The van der Waals surface area contributed by atoms with E-state index in [1.54, 1.807) is 11.8 Å². The second kappa shape index (κ2) is 6.45. The number of rotatable bonds is 4. The monoisotopic (exact) mass is 289 g/mol. The van der Waals surface area contributed by atoms with Gasteiger partial charge in [-0.2, -0.15) is 5.26 Å². The van der Waals surface area contributed by atoms with Gasteiger partial charge in [-0.3, -0.25) is 4.79 Å². The van der Waals surface area contributed by atoms with Crippen molar-refractivity contribution in [3.05, 3.63) is 46.4 Å². The van der Waals surface area contributed by atoms with Crippen LogP contribution in [0.2, 0.25) is 0 Å². The van der Waals surface area contributed by atoms with Crippen LogP contribution in [0.1, 0.15) is 12.5 Å². The van der Waals surface area contributed by atoms with E-state index in [2.05, 4.69) is 16.0 Å². The molecule has 0 saturated carbocycles. The summed E-state index contributed by atoms with van der Waals surface area (Å²) in [6, 6.07) is 9.27. The van der Waals surface area contributed by atoms with Crippen LogP contribution in [-0.4, -0.2) is 15.7 Å². The smallest absolute Gasteiger partial charge is 0.251 e. The maximum Gasteiger partial charge on any atom is 0.251 e. The Hall–Kier alpha value is -1.71. The van der Waals surface area contributed by atoms with Crippen molar-refractivity contribution < 1.29 is 0 Å². The van der Waals surface area contributed by atoms with E-state index in [0.29, 0.717) is 10.7 Å². The third-order valence-corrected chi connectivity index (χ3v) is 4.15. The third-order valence-electron chi connectivity index (χ3n) is 2.25. The second-order valence-electron chi connectivity index (χ2n) is 3.52.